The van der Waals surface area contributed by atoms with Crippen LogP contribution in [-0.4, -0.2) is 56.7 Å². The smallest absolute Gasteiger partial charge is 0.337 e. The Morgan fingerprint density at radius 3 is 2.34 bits per heavy atom. The van der Waals surface area contributed by atoms with E-state index in [2.05, 4.69) is 39.4 Å². The van der Waals surface area contributed by atoms with Gasteiger partial charge in [-0.3, -0.25) is 9.69 Å². The van der Waals surface area contributed by atoms with E-state index in [-0.39, 0.29) is 12.5 Å². The van der Waals surface area contributed by atoms with E-state index in [1.54, 1.807) is 12.1 Å². The van der Waals surface area contributed by atoms with Crippen LogP contribution in [0.1, 0.15) is 21.5 Å². The fourth-order valence-electron chi connectivity index (χ4n) is 4.19. The number of aryl methyl sites for hydroxylation is 1. The summed E-state index contributed by atoms with van der Waals surface area (Å²) in [4.78, 5) is 29.5. The van der Waals surface area contributed by atoms with Gasteiger partial charge in [-0.25, -0.2) is 4.79 Å². The van der Waals surface area contributed by atoms with Crippen molar-refractivity contribution in [1.29, 1.82) is 0 Å². The van der Waals surface area contributed by atoms with Gasteiger partial charge in [0.2, 0.25) is 0 Å². The first-order chi connectivity index (χ1) is 17.0. The predicted molar refractivity (Wildman–Crippen MR) is 137 cm³/mol. The first kappa shape index (κ1) is 24.3. The number of hydrogen-bond acceptors (Lipinski definition) is 6. The van der Waals surface area contributed by atoms with E-state index in [1.807, 2.05) is 43.3 Å². The van der Waals surface area contributed by atoms with Crippen LogP contribution in [0.25, 0.3) is 0 Å². The molecule has 1 saturated heterocycles. The molecule has 35 heavy (non-hydrogen) atoms. The zero-order chi connectivity index (χ0) is 24.6. The maximum atomic E-state index is 12.8. The molecule has 0 saturated carbocycles. The van der Waals surface area contributed by atoms with Crippen LogP contribution in [0.2, 0.25) is 0 Å². The van der Waals surface area contributed by atoms with E-state index in [9.17, 15) is 9.59 Å². The highest BCUT2D eigenvalue weighted by Crippen LogP contribution is 2.29. The molecule has 1 amide bonds. The largest absolute Gasteiger partial charge is 0.483 e. The van der Waals surface area contributed by atoms with Crippen LogP contribution in [-0.2, 0) is 16.1 Å². The van der Waals surface area contributed by atoms with E-state index in [1.165, 1.54) is 12.7 Å². The third kappa shape index (κ3) is 6.39. The molecule has 1 aliphatic rings. The van der Waals surface area contributed by atoms with Crippen molar-refractivity contribution >= 4 is 23.3 Å². The van der Waals surface area contributed by atoms with Crippen LogP contribution in [0.5, 0.6) is 5.75 Å². The average molecular weight is 474 g/mol. The Kier molecular flexibility index (Phi) is 8.00. The Hall–Kier alpha value is -3.84. The molecule has 1 fully saturated rings. The van der Waals surface area contributed by atoms with Gasteiger partial charge in [0.1, 0.15) is 5.75 Å². The van der Waals surface area contributed by atoms with Gasteiger partial charge in [0.15, 0.2) is 6.61 Å². The summed E-state index contributed by atoms with van der Waals surface area (Å²) in [6.07, 6.45) is 0. The lowest BCUT2D eigenvalue weighted by Crippen LogP contribution is -2.46. The molecule has 1 N–H and O–H groups in total. The number of ether oxygens (including phenoxy) is 2. The SMILES string of the molecule is COC(=O)c1ccc(N2CCN(Cc3ccccc3)CC2)c(NC(=O)COc2ccccc2C)c1. The number of amides is 1. The molecular formula is C28H31N3O4. The Morgan fingerprint density at radius 2 is 1.63 bits per heavy atom. The zero-order valence-electron chi connectivity index (χ0n) is 20.2. The standard InChI is InChI=1S/C28H31N3O4/c1-21-8-6-7-11-26(21)35-20-27(32)29-24-18-23(28(33)34-2)12-13-25(24)31-16-14-30(15-17-31)19-22-9-4-3-5-10-22/h3-13,18H,14-17,19-20H2,1-2H3,(H,29,32). The Balaban J connectivity index is 1.44. The quantitative estimate of drug-likeness (QED) is 0.497. The molecule has 1 aliphatic heterocycles. The van der Waals surface area contributed by atoms with Crippen molar-refractivity contribution in [3.8, 4) is 5.75 Å². The minimum Gasteiger partial charge on any atom is -0.483 e. The summed E-state index contributed by atoms with van der Waals surface area (Å²) in [6, 6.07) is 23.3. The number of nitrogens with zero attached hydrogens (tertiary/aromatic N) is 2. The Labute approximate surface area is 206 Å². The summed E-state index contributed by atoms with van der Waals surface area (Å²) >= 11 is 0. The van der Waals surface area contributed by atoms with Gasteiger partial charge in [0, 0.05) is 32.7 Å². The predicted octanol–water partition coefficient (Wildman–Crippen LogP) is 4.12. The van der Waals surface area contributed by atoms with E-state index in [4.69, 9.17) is 9.47 Å². The number of benzene rings is 3. The summed E-state index contributed by atoms with van der Waals surface area (Å²) in [6.45, 7) is 6.14. The molecule has 0 atom stereocenters. The van der Waals surface area contributed by atoms with Crippen molar-refractivity contribution < 1.29 is 19.1 Å². The van der Waals surface area contributed by atoms with Crippen LogP contribution in [0.15, 0.2) is 72.8 Å². The fourth-order valence-corrected chi connectivity index (χ4v) is 4.19. The number of hydrogen-bond donors (Lipinski definition) is 1. The van der Waals surface area contributed by atoms with Gasteiger partial charge in [0.25, 0.3) is 5.91 Å². The molecule has 0 spiro atoms. The van der Waals surface area contributed by atoms with Crippen LogP contribution >= 0.6 is 0 Å². The molecule has 7 nitrogen and oxygen atoms in total. The third-order valence-electron chi connectivity index (χ3n) is 6.11. The number of carbonyl (C=O) groups excluding carboxylic acids is 2. The highest BCUT2D eigenvalue weighted by atomic mass is 16.5. The maximum absolute atomic E-state index is 12.8. The molecule has 4 rings (SSSR count). The van der Waals surface area contributed by atoms with Gasteiger partial charge in [-0.15, -0.1) is 0 Å². The number of carbonyl (C=O) groups is 2. The summed E-state index contributed by atoms with van der Waals surface area (Å²) < 4.78 is 10.6. The number of anilines is 2. The van der Waals surface area contributed by atoms with Crippen LogP contribution < -0.4 is 15.0 Å². The van der Waals surface area contributed by atoms with Gasteiger partial charge >= 0.3 is 5.97 Å². The second kappa shape index (κ2) is 11.5. The van der Waals surface area contributed by atoms with Gasteiger partial charge in [-0.1, -0.05) is 48.5 Å². The number of rotatable bonds is 8. The van der Waals surface area contributed by atoms with Gasteiger partial charge in [-0.2, -0.15) is 0 Å². The summed E-state index contributed by atoms with van der Waals surface area (Å²) in [5.74, 6) is -0.0733. The monoisotopic (exact) mass is 473 g/mol. The minimum atomic E-state index is -0.448. The molecule has 0 unspecified atom stereocenters. The van der Waals surface area contributed by atoms with Crippen molar-refractivity contribution in [2.45, 2.75) is 13.5 Å². The molecule has 1 heterocycles. The summed E-state index contributed by atoms with van der Waals surface area (Å²) in [7, 11) is 1.34. The molecule has 3 aromatic rings. The molecule has 7 heteroatoms. The van der Waals surface area contributed by atoms with E-state index in [0.717, 1.165) is 44.0 Å². The van der Waals surface area contributed by atoms with Gasteiger partial charge < -0.3 is 19.7 Å². The molecule has 0 radical (unpaired) electrons. The average Bonchev–Trinajstić information content (AvgIpc) is 2.89. The maximum Gasteiger partial charge on any atom is 0.337 e. The topological polar surface area (TPSA) is 71.1 Å². The van der Waals surface area contributed by atoms with Crippen molar-refractivity contribution in [3.05, 3.63) is 89.5 Å². The van der Waals surface area contributed by atoms with Crippen molar-refractivity contribution in [2.24, 2.45) is 0 Å². The highest BCUT2D eigenvalue weighted by Gasteiger charge is 2.21. The normalized spacial score (nSPS) is 13.8. The lowest BCUT2D eigenvalue weighted by atomic mass is 10.1. The highest BCUT2D eigenvalue weighted by molar-refractivity contribution is 5.98. The van der Waals surface area contributed by atoms with Gasteiger partial charge in [-0.05, 0) is 42.3 Å². The zero-order valence-corrected chi connectivity index (χ0v) is 20.2. The number of nitrogens with one attached hydrogen (secondary N) is 1. The second-order valence-corrected chi connectivity index (χ2v) is 8.57. The van der Waals surface area contributed by atoms with Crippen molar-refractivity contribution in [1.82, 2.24) is 4.90 Å². The Morgan fingerprint density at radius 1 is 0.914 bits per heavy atom. The minimum absolute atomic E-state index is 0.127. The first-order valence-electron chi connectivity index (χ1n) is 11.8. The number of piperazine rings is 1. The van der Waals surface area contributed by atoms with Gasteiger partial charge in [0.05, 0.1) is 24.0 Å². The fraction of sp³-hybridized carbons (Fsp3) is 0.286. The van der Waals surface area contributed by atoms with Crippen molar-refractivity contribution in [2.75, 3.05) is 50.1 Å². The van der Waals surface area contributed by atoms with E-state index >= 15 is 0 Å². The second-order valence-electron chi connectivity index (χ2n) is 8.57. The molecular weight excluding hydrogens is 442 g/mol. The van der Waals surface area contributed by atoms with Crippen LogP contribution in [0.3, 0.4) is 0 Å². The lowest BCUT2D eigenvalue weighted by molar-refractivity contribution is -0.118. The Bertz CT molecular complexity index is 1160. The summed E-state index contributed by atoms with van der Waals surface area (Å²) in [5.41, 5.74) is 4.09. The summed E-state index contributed by atoms with van der Waals surface area (Å²) in [5, 5.41) is 2.94. The van der Waals surface area contributed by atoms with E-state index in [0.29, 0.717) is 17.0 Å². The third-order valence-corrected chi connectivity index (χ3v) is 6.11. The number of methoxy groups -OCH3 is 1. The molecule has 182 valence electrons. The molecule has 0 aromatic heterocycles. The van der Waals surface area contributed by atoms with Crippen LogP contribution in [0, 0.1) is 6.92 Å². The molecule has 3 aromatic carbocycles. The lowest BCUT2D eigenvalue weighted by Gasteiger charge is -2.37. The van der Waals surface area contributed by atoms with Crippen molar-refractivity contribution in [3.63, 3.8) is 0 Å². The number of para-hydroxylation sites is 1. The first-order valence-corrected chi connectivity index (χ1v) is 11.8. The molecule has 0 bridgehead atoms. The molecule has 0 aliphatic carbocycles. The van der Waals surface area contributed by atoms with Crippen LogP contribution in [0.4, 0.5) is 11.4 Å². The number of esters is 1. The van der Waals surface area contributed by atoms with E-state index < -0.39 is 5.97 Å².